The summed E-state index contributed by atoms with van der Waals surface area (Å²) in [4.78, 5) is 21.1. The molecule has 3 aliphatic rings. The molecule has 1 N–H and O–H groups in total. The Bertz CT molecular complexity index is 693. The zero-order chi connectivity index (χ0) is 19.2. The third-order valence-electron chi connectivity index (χ3n) is 8.07. The fourth-order valence-electron chi connectivity index (χ4n) is 5.78. The van der Waals surface area contributed by atoms with E-state index in [1.807, 2.05) is 18.3 Å². The van der Waals surface area contributed by atoms with Crippen molar-refractivity contribution in [2.24, 2.45) is 16.7 Å². The van der Waals surface area contributed by atoms with Crippen LogP contribution in [0.4, 0.5) is 5.69 Å². The molecule has 27 heavy (non-hydrogen) atoms. The van der Waals surface area contributed by atoms with Crippen LogP contribution in [0.3, 0.4) is 0 Å². The van der Waals surface area contributed by atoms with Gasteiger partial charge in [-0.1, -0.05) is 27.2 Å². The topological polar surface area (TPSA) is 48.5 Å². The number of rotatable bonds is 5. The minimum atomic E-state index is -0.129. The van der Waals surface area contributed by atoms with Crippen LogP contribution in [0.15, 0.2) is 18.3 Å². The number of amides is 1. The largest absolute Gasteiger partial charge is 0.368 e. The lowest BCUT2D eigenvalue weighted by Gasteiger charge is -2.39. The minimum Gasteiger partial charge on any atom is -0.368 e. The first kappa shape index (κ1) is 18.7. The molecule has 1 amide bonds. The van der Waals surface area contributed by atoms with Gasteiger partial charge >= 0.3 is 0 Å². The highest BCUT2D eigenvalue weighted by molar-refractivity contribution is 5.92. The van der Waals surface area contributed by atoms with Crippen molar-refractivity contribution in [3.8, 4) is 0 Å². The Morgan fingerprint density at radius 2 is 2.04 bits per heavy atom. The first-order valence-corrected chi connectivity index (χ1v) is 10.6. The van der Waals surface area contributed by atoms with Gasteiger partial charge in [0.15, 0.2) is 0 Å². The number of anilines is 1. The maximum atomic E-state index is 11.7. The average Bonchev–Trinajstić information content (AvgIpc) is 3.34. The van der Waals surface area contributed by atoms with Crippen molar-refractivity contribution < 1.29 is 4.79 Å². The molecule has 0 bridgehead atoms. The molecule has 0 aromatic carbocycles. The minimum absolute atomic E-state index is 0.129. The van der Waals surface area contributed by atoms with E-state index in [1.165, 1.54) is 25.7 Å². The van der Waals surface area contributed by atoms with Gasteiger partial charge in [0, 0.05) is 39.3 Å². The Labute approximate surface area is 163 Å². The van der Waals surface area contributed by atoms with E-state index >= 15 is 0 Å². The number of pyridine rings is 1. The van der Waals surface area contributed by atoms with Gasteiger partial charge in [-0.05, 0) is 48.1 Å². The molecule has 2 heterocycles. The van der Waals surface area contributed by atoms with Gasteiger partial charge in [0.25, 0.3) is 5.91 Å². The number of hydrogen-bond donors (Lipinski definition) is 1. The number of hydrogen-bond acceptors (Lipinski definition) is 4. The summed E-state index contributed by atoms with van der Waals surface area (Å²) in [6.45, 7) is 11.7. The second-order valence-corrected chi connectivity index (χ2v) is 9.31. The highest BCUT2D eigenvalue weighted by Crippen LogP contribution is 2.73. The molecule has 1 saturated heterocycles. The van der Waals surface area contributed by atoms with Crippen molar-refractivity contribution in [2.45, 2.75) is 52.5 Å². The van der Waals surface area contributed by atoms with E-state index in [2.05, 4.69) is 40.9 Å². The molecule has 0 radical (unpaired) electrons. The zero-order valence-electron chi connectivity index (χ0n) is 17.3. The number of fused-ring (bicyclic) bond motifs is 1. The molecule has 0 spiro atoms. The van der Waals surface area contributed by atoms with Crippen molar-refractivity contribution in [1.29, 1.82) is 0 Å². The quantitative estimate of drug-likeness (QED) is 0.865. The maximum Gasteiger partial charge on any atom is 0.269 e. The van der Waals surface area contributed by atoms with Gasteiger partial charge in [0.05, 0.1) is 11.9 Å². The normalized spacial score (nSPS) is 30.9. The lowest BCUT2D eigenvalue weighted by atomic mass is 9.72. The predicted molar refractivity (Wildman–Crippen MR) is 109 cm³/mol. The fraction of sp³-hybridized carbons (Fsp3) is 0.727. The Hall–Kier alpha value is -1.62. The van der Waals surface area contributed by atoms with E-state index in [0.29, 0.717) is 16.5 Å². The Balaban J connectivity index is 1.34. The van der Waals surface area contributed by atoms with Crippen LogP contribution in [0.25, 0.3) is 0 Å². The summed E-state index contributed by atoms with van der Waals surface area (Å²) in [6.07, 6.45) is 7.39. The third kappa shape index (κ3) is 3.04. The summed E-state index contributed by atoms with van der Waals surface area (Å²) in [5, 5.41) is 2.62. The molecule has 2 saturated carbocycles. The van der Waals surface area contributed by atoms with Gasteiger partial charge in [-0.25, -0.2) is 4.98 Å². The Morgan fingerprint density at radius 1 is 1.30 bits per heavy atom. The maximum absolute atomic E-state index is 11.7. The van der Waals surface area contributed by atoms with Gasteiger partial charge < -0.3 is 10.2 Å². The first-order chi connectivity index (χ1) is 12.9. The van der Waals surface area contributed by atoms with E-state index in [1.54, 1.807) is 7.05 Å². The zero-order valence-corrected chi connectivity index (χ0v) is 17.3. The van der Waals surface area contributed by atoms with E-state index < -0.39 is 0 Å². The summed E-state index contributed by atoms with van der Waals surface area (Å²) in [5.41, 5.74) is 2.73. The van der Waals surface area contributed by atoms with Crippen LogP contribution < -0.4 is 10.2 Å². The fourth-order valence-corrected chi connectivity index (χ4v) is 5.78. The van der Waals surface area contributed by atoms with Crippen LogP contribution in [0.2, 0.25) is 0 Å². The summed E-state index contributed by atoms with van der Waals surface area (Å²) >= 11 is 0. The average molecular weight is 371 g/mol. The standard InChI is InChI=1S/C22H34N4O/c1-5-21(2,3)22-9-8-19(17(22)14-22)26-12-10-25(11-13-26)16-6-7-18(24-15-16)20(27)23-4/h6-7,15,17,19H,5,8-14H2,1-4H3,(H,23,27). The Morgan fingerprint density at radius 3 is 2.59 bits per heavy atom. The summed E-state index contributed by atoms with van der Waals surface area (Å²) in [7, 11) is 1.64. The lowest BCUT2D eigenvalue weighted by molar-refractivity contribution is 0.0958. The van der Waals surface area contributed by atoms with Gasteiger partial charge in [0.1, 0.15) is 5.69 Å². The molecule has 1 aromatic rings. The molecule has 3 atom stereocenters. The van der Waals surface area contributed by atoms with Crippen molar-refractivity contribution in [3.63, 3.8) is 0 Å². The van der Waals surface area contributed by atoms with Crippen LogP contribution in [0, 0.1) is 16.7 Å². The molecule has 5 heteroatoms. The molecule has 1 aromatic heterocycles. The summed E-state index contributed by atoms with van der Waals surface area (Å²) in [5.74, 6) is 0.794. The van der Waals surface area contributed by atoms with Crippen LogP contribution in [0.5, 0.6) is 0 Å². The molecule has 2 aliphatic carbocycles. The number of piperazine rings is 1. The second-order valence-electron chi connectivity index (χ2n) is 9.31. The summed E-state index contributed by atoms with van der Waals surface area (Å²) in [6, 6.07) is 4.65. The highest BCUT2D eigenvalue weighted by atomic mass is 16.1. The van der Waals surface area contributed by atoms with Gasteiger partial charge in [-0.3, -0.25) is 9.69 Å². The van der Waals surface area contributed by atoms with E-state index in [4.69, 9.17) is 0 Å². The molecule has 5 nitrogen and oxygen atoms in total. The molecular formula is C22H34N4O. The van der Waals surface area contributed by atoms with Crippen molar-refractivity contribution in [2.75, 3.05) is 38.1 Å². The molecule has 3 fully saturated rings. The lowest BCUT2D eigenvalue weighted by Crippen LogP contribution is -2.50. The van der Waals surface area contributed by atoms with E-state index in [-0.39, 0.29) is 5.91 Å². The molecule has 1 aliphatic heterocycles. The second kappa shape index (κ2) is 6.77. The monoisotopic (exact) mass is 370 g/mol. The van der Waals surface area contributed by atoms with Crippen molar-refractivity contribution in [3.05, 3.63) is 24.0 Å². The first-order valence-electron chi connectivity index (χ1n) is 10.6. The van der Waals surface area contributed by atoms with Crippen LogP contribution in [0.1, 0.15) is 56.9 Å². The van der Waals surface area contributed by atoms with Crippen LogP contribution >= 0.6 is 0 Å². The van der Waals surface area contributed by atoms with Gasteiger partial charge in [0.2, 0.25) is 0 Å². The summed E-state index contributed by atoms with van der Waals surface area (Å²) < 4.78 is 0. The number of carbonyl (C=O) groups excluding carboxylic acids is 1. The number of nitrogens with zero attached hydrogens (tertiary/aromatic N) is 3. The molecular weight excluding hydrogens is 336 g/mol. The van der Waals surface area contributed by atoms with Crippen molar-refractivity contribution >= 4 is 11.6 Å². The number of carbonyl (C=O) groups is 1. The number of nitrogens with one attached hydrogen (secondary N) is 1. The third-order valence-corrected chi connectivity index (χ3v) is 8.07. The molecule has 4 rings (SSSR count). The smallest absolute Gasteiger partial charge is 0.269 e. The van der Waals surface area contributed by atoms with Crippen molar-refractivity contribution in [1.82, 2.24) is 15.2 Å². The predicted octanol–water partition coefficient (Wildman–Crippen LogP) is 3.17. The van der Waals surface area contributed by atoms with E-state index in [9.17, 15) is 4.79 Å². The molecule has 148 valence electrons. The Kier molecular flexibility index (Phi) is 4.69. The van der Waals surface area contributed by atoms with Crippen LogP contribution in [-0.2, 0) is 0 Å². The molecule has 3 unspecified atom stereocenters. The van der Waals surface area contributed by atoms with Gasteiger partial charge in [-0.15, -0.1) is 0 Å². The van der Waals surface area contributed by atoms with Crippen LogP contribution in [-0.4, -0.2) is 55.1 Å². The number of aromatic nitrogens is 1. The van der Waals surface area contributed by atoms with Gasteiger partial charge in [-0.2, -0.15) is 0 Å². The van der Waals surface area contributed by atoms with E-state index in [0.717, 1.165) is 43.8 Å². The SMILES string of the molecule is CCC(C)(C)C12CCC(N3CCN(c4ccc(C(=O)NC)nc4)CC3)C1C2. The highest BCUT2D eigenvalue weighted by Gasteiger charge is 2.67.